The summed E-state index contributed by atoms with van der Waals surface area (Å²) in [5, 5.41) is 0. The van der Waals surface area contributed by atoms with Gasteiger partial charge in [-0.2, -0.15) is 0 Å². The molecule has 0 radical (unpaired) electrons. The molecule has 2 unspecified atom stereocenters. The van der Waals surface area contributed by atoms with Gasteiger partial charge < -0.3 is 5.73 Å². The van der Waals surface area contributed by atoms with Crippen LogP contribution in [0.25, 0.3) is 0 Å². The molecule has 1 fully saturated rings. The molecule has 0 aromatic carbocycles. The van der Waals surface area contributed by atoms with Crippen molar-refractivity contribution in [3.8, 4) is 0 Å². The molecule has 6 nitrogen and oxygen atoms in total. The number of rotatable bonds is 5. The molecule has 1 heterocycles. The number of likely N-dealkylation sites (tertiary alicyclic amines) is 1. The summed E-state index contributed by atoms with van der Waals surface area (Å²) in [4.78, 5) is 24.5. The van der Waals surface area contributed by atoms with Gasteiger partial charge in [-0.1, -0.05) is 6.42 Å². The molecule has 1 aliphatic rings. The number of carbonyl (C=O) groups excluding carboxylic acids is 2. The zero-order valence-electron chi connectivity index (χ0n) is 10.3. The van der Waals surface area contributed by atoms with Gasteiger partial charge in [0.05, 0.1) is 6.04 Å². The van der Waals surface area contributed by atoms with Crippen molar-refractivity contribution >= 4 is 11.8 Å². The van der Waals surface area contributed by atoms with E-state index in [2.05, 4.69) is 10.3 Å². The molecule has 5 N–H and O–H groups in total. The lowest BCUT2D eigenvalue weighted by molar-refractivity contribution is -0.125. The number of piperidine rings is 1. The normalized spacial score (nSPS) is 23.1. The van der Waals surface area contributed by atoms with Crippen LogP contribution in [-0.2, 0) is 9.59 Å². The number of primary amides is 1. The maximum atomic E-state index is 11.3. The van der Waals surface area contributed by atoms with Crippen molar-refractivity contribution < 1.29 is 9.59 Å². The van der Waals surface area contributed by atoms with E-state index in [-0.39, 0.29) is 23.9 Å². The number of nitrogens with one attached hydrogen (secondary N) is 1. The fraction of sp³-hybridized carbons (Fsp3) is 0.818. The summed E-state index contributed by atoms with van der Waals surface area (Å²) in [6, 6.07) is -0.00946. The van der Waals surface area contributed by atoms with Crippen molar-refractivity contribution in [2.75, 3.05) is 6.54 Å². The molecule has 0 aliphatic carbocycles. The van der Waals surface area contributed by atoms with Crippen LogP contribution in [0.15, 0.2) is 0 Å². The molecule has 0 spiro atoms. The third kappa shape index (κ3) is 3.98. The Morgan fingerprint density at radius 2 is 2.18 bits per heavy atom. The second-order valence-corrected chi connectivity index (χ2v) is 4.61. The fourth-order valence-corrected chi connectivity index (χ4v) is 2.36. The molecule has 6 heteroatoms. The number of carbonyl (C=O) groups is 2. The van der Waals surface area contributed by atoms with Crippen molar-refractivity contribution in [2.24, 2.45) is 11.6 Å². The van der Waals surface area contributed by atoms with Crippen LogP contribution in [0.5, 0.6) is 0 Å². The molecule has 1 saturated heterocycles. The topological polar surface area (TPSA) is 101 Å². The molecule has 17 heavy (non-hydrogen) atoms. The summed E-state index contributed by atoms with van der Waals surface area (Å²) < 4.78 is 0. The molecular weight excluding hydrogens is 220 g/mol. The van der Waals surface area contributed by atoms with Gasteiger partial charge in [0, 0.05) is 12.5 Å². The number of nitrogens with two attached hydrogens (primary N) is 2. The van der Waals surface area contributed by atoms with Gasteiger partial charge in [0.1, 0.15) is 0 Å². The third-order valence-electron chi connectivity index (χ3n) is 3.39. The summed E-state index contributed by atoms with van der Waals surface area (Å²) in [6.07, 6.45) is 4.01. The van der Waals surface area contributed by atoms with Gasteiger partial charge in [-0.3, -0.25) is 19.9 Å². The Labute approximate surface area is 102 Å². The number of hydrogen-bond acceptors (Lipinski definition) is 4. The summed E-state index contributed by atoms with van der Waals surface area (Å²) in [7, 11) is 0. The van der Waals surface area contributed by atoms with Gasteiger partial charge in [0.25, 0.3) is 0 Å². The standard InChI is InChI=1S/C11H22N4O2/c1-8(5-6-10(16)14-13)15-7-3-2-4-9(15)11(12)17/h8-9H,2-7,13H2,1H3,(H2,12,17)(H,14,16). The quantitative estimate of drug-likeness (QED) is 0.343. The van der Waals surface area contributed by atoms with Crippen molar-refractivity contribution in [3.63, 3.8) is 0 Å². The van der Waals surface area contributed by atoms with E-state index in [0.29, 0.717) is 12.8 Å². The van der Waals surface area contributed by atoms with Crippen LogP contribution in [0, 0.1) is 0 Å². The lowest BCUT2D eigenvalue weighted by Crippen LogP contribution is -2.51. The minimum atomic E-state index is -0.264. The van der Waals surface area contributed by atoms with E-state index in [9.17, 15) is 9.59 Å². The maximum Gasteiger partial charge on any atom is 0.234 e. The second-order valence-electron chi connectivity index (χ2n) is 4.61. The Bertz CT molecular complexity index is 283. The molecule has 1 rings (SSSR count). The molecule has 1 aliphatic heterocycles. The average Bonchev–Trinajstić information content (AvgIpc) is 2.35. The van der Waals surface area contributed by atoms with Crippen LogP contribution >= 0.6 is 0 Å². The predicted molar refractivity (Wildman–Crippen MR) is 64.6 cm³/mol. The Balaban J connectivity index is 2.50. The first-order valence-electron chi connectivity index (χ1n) is 6.10. The molecule has 98 valence electrons. The van der Waals surface area contributed by atoms with E-state index in [0.717, 1.165) is 25.8 Å². The van der Waals surface area contributed by atoms with Gasteiger partial charge in [-0.15, -0.1) is 0 Å². The van der Waals surface area contributed by atoms with E-state index in [1.165, 1.54) is 0 Å². The van der Waals surface area contributed by atoms with E-state index in [4.69, 9.17) is 11.6 Å². The van der Waals surface area contributed by atoms with Crippen LogP contribution in [0.3, 0.4) is 0 Å². The highest BCUT2D eigenvalue weighted by molar-refractivity contribution is 5.80. The van der Waals surface area contributed by atoms with Crippen molar-refractivity contribution in [1.29, 1.82) is 0 Å². The lowest BCUT2D eigenvalue weighted by Gasteiger charge is -2.38. The number of amides is 2. The monoisotopic (exact) mass is 242 g/mol. The third-order valence-corrected chi connectivity index (χ3v) is 3.39. The Morgan fingerprint density at radius 3 is 2.76 bits per heavy atom. The van der Waals surface area contributed by atoms with Crippen molar-refractivity contribution in [1.82, 2.24) is 10.3 Å². The largest absolute Gasteiger partial charge is 0.368 e. The average molecular weight is 242 g/mol. The van der Waals surface area contributed by atoms with E-state index in [1.807, 2.05) is 6.92 Å². The van der Waals surface area contributed by atoms with Crippen LogP contribution in [0.2, 0.25) is 0 Å². The zero-order valence-corrected chi connectivity index (χ0v) is 10.3. The highest BCUT2D eigenvalue weighted by atomic mass is 16.2. The van der Waals surface area contributed by atoms with Gasteiger partial charge in [-0.05, 0) is 32.7 Å². The minimum absolute atomic E-state index is 0.171. The van der Waals surface area contributed by atoms with E-state index in [1.54, 1.807) is 0 Å². The summed E-state index contributed by atoms with van der Waals surface area (Å²) in [5.41, 5.74) is 7.51. The fourth-order valence-electron chi connectivity index (χ4n) is 2.36. The van der Waals surface area contributed by atoms with E-state index >= 15 is 0 Å². The summed E-state index contributed by atoms with van der Waals surface area (Å²) in [5.74, 6) is 4.58. The first kappa shape index (κ1) is 13.9. The molecule has 0 saturated carbocycles. The van der Waals surface area contributed by atoms with E-state index < -0.39 is 0 Å². The minimum Gasteiger partial charge on any atom is -0.368 e. The number of nitrogens with zero attached hydrogens (tertiary/aromatic N) is 1. The molecule has 0 aromatic heterocycles. The van der Waals surface area contributed by atoms with Crippen molar-refractivity contribution in [2.45, 2.75) is 51.1 Å². The smallest absolute Gasteiger partial charge is 0.234 e. The summed E-state index contributed by atoms with van der Waals surface area (Å²) >= 11 is 0. The number of hydrogen-bond donors (Lipinski definition) is 3. The van der Waals surface area contributed by atoms with Gasteiger partial charge >= 0.3 is 0 Å². The predicted octanol–water partition coefficient (Wildman–Crippen LogP) is -0.515. The second kappa shape index (κ2) is 6.56. The molecule has 0 bridgehead atoms. The van der Waals surface area contributed by atoms with Gasteiger partial charge in [-0.25, -0.2) is 5.84 Å². The SMILES string of the molecule is CC(CCC(=O)NN)N1CCCCC1C(N)=O. The maximum absolute atomic E-state index is 11.3. The van der Waals surface area contributed by atoms with Crippen LogP contribution in [0.4, 0.5) is 0 Å². The van der Waals surface area contributed by atoms with Crippen molar-refractivity contribution in [3.05, 3.63) is 0 Å². The summed E-state index contributed by atoms with van der Waals surface area (Å²) in [6.45, 7) is 2.89. The van der Waals surface area contributed by atoms with Crippen LogP contribution in [-0.4, -0.2) is 35.3 Å². The molecular formula is C11H22N4O2. The number of hydrazine groups is 1. The van der Waals surface area contributed by atoms with Gasteiger partial charge in [0.15, 0.2) is 0 Å². The highest BCUT2D eigenvalue weighted by Gasteiger charge is 2.30. The van der Waals surface area contributed by atoms with Crippen LogP contribution < -0.4 is 17.0 Å². The highest BCUT2D eigenvalue weighted by Crippen LogP contribution is 2.21. The van der Waals surface area contributed by atoms with Gasteiger partial charge in [0.2, 0.25) is 11.8 Å². The molecule has 2 atom stereocenters. The first-order chi connectivity index (χ1) is 8.06. The van der Waals surface area contributed by atoms with Crippen LogP contribution in [0.1, 0.15) is 39.0 Å². The first-order valence-corrected chi connectivity index (χ1v) is 6.10. The Morgan fingerprint density at radius 1 is 1.47 bits per heavy atom. The molecule has 2 amide bonds. The molecule has 0 aromatic rings. The Kier molecular flexibility index (Phi) is 5.37. The Hall–Kier alpha value is -1.14. The lowest BCUT2D eigenvalue weighted by atomic mass is 9.98. The zero-order chi connectivity index (χ0) is 12.8.